The standard InChI is InChI=1S/C40H50N4O8S2/c1-23(2)34-20-54-53-19-32-31-18-30-25-10-13-28(47)17-27(46)12-9-24-11-14-35(48)37(51-22-45)29(24)7-5-6-26(16-25)36(38(30)52-39(31)49)50-21-42-15-4-3-8-33(32)43-40(41)44-34/h11,14,16,23,28,31-34,39,42,45,47-49H,4,6,9-10,12-13,15,17-22H2,1-2H3,(H3,41,43,44)/t28-,31-,32+,33-,34+,39-/m1/s1. The predicted octanol–water partition coefficient (Wildman–Crippen LogP) is 3.03. The number of phenols is 1. The van der Waals surface area contributed by atoms with Crippen LogP contribution >= 0.6 is 21.6 Å². The maximum Gasteiger partial charge on any atom is 0.201 e. The van der Waals surface area contributed by atoms with Crippen molar-refractivity contribution < 1.29 is 39.4 Å². The molecule has 12 nitrogen and oxygen atoms in total. The van der Waals surface area contributed by atoms with Gasteiger partial charge in [0.2, 0.25) is 6.29 Å². The molecule has 0 spiro atoms. The zero-order valence-corrected chi connectivity index (χ0v) is 32.4. The Morgan fingerprint density at radius 1 is 1.06 bits per heavy atom. The van der Waals surface area contributed by atoms with Gasteiger partial charge in [-0.25, -0.2) is 4.99 Å². The lowest BCUT2D eigenvalue weighted by Gasteiger charge is -2.39. The van der Waals surface area contributed by atoms with Gasteiger partial charge in [-0.2, -0.15) is 0 Å². The highest BCUT2D eigenvalue weighted by atomic mass is 33.1. The lowest BCUT2D eigenvalue weighted by molar-refractivity contribution is -0.121. The van der Waals surface area contributed by atoms with Crippen LogP contribution < -0.4 is 30.6 Å². The summed E-state index contributed by atoms with van der Waals surface area (Å²) in [5.74, 6) is 15.3. The predicted molar refractivity (Wildman–Crippen MR) is 210 cm³/mol. The number of hydrogen-bond acceptors (Lipinski definition) is 14. The Hall–Kier alpha value is -3.76. The maximum absolute atomic E-state index is 13.1. The SMILES string of the molecule is CC(C)[C@@H]1CSSC[C@H]2[C@H]3Cc4c5cc(c(c4O[C@H]3O)OCNCCC#C[C@H]2NC(N)=N1)CC#Cc1c(ccc(O)c1OCO)CCC(=O)C[C@H](O)CC5. The van der Waals surface area contributed by atoms with Crippen molar-refractivity contribution in [1.29, 1.82) is 0 Å². The van der Waals surface area contributed by atoms with E-state index in [1.807, 2.05) is 6.07 Å². The van der Waals surface area contributed by atoms with E-state index >= 15 is 0 Å². The molecule has 5 aliphatic rings. The van der Waals surface area contributed by atoms with Crippen molar-refractivity contribution in [3.63, 3.8) is 0 Å². The van der Waals surface area contributed by atoms with E-state index < -0.39 is 25.2 Å². The fourth-order valence-electron chi connectivity index (χ4n) is 7.26. The van der Waals surface area contributed by atoms with Crippen molar-refractivity contribution in [1.82, 2.24) is 10.6 Å². The second-order valence-corrected chi connectivity index (χ2v) is 16.9. The zero-order valence-electron chi connectivity index (χ0n) is 30.7. The number of aliphatic hydroxyl groups is 3. The Morgan fingerprint density at radius 3 is 2.70 bits per heavy atom. The van der Waals surface area contributed by atoms with Crippen LogP contribution in [0.3, 0.4) is 0 Å². The number of nitrogens with zero attached hydrogens (tertiary/aromatic N) is 1. The molecule has 0 amide bonds. The summed E-state index contributed by atoms with van der Waals surface area (Å²) in [5.41, 5.74) is 10.1. The van der Waals surface area contributed by atoms with Gasteiger partial charge < -0.3 is 45.7 Å². The molecule has 0 radical (unpaired) electrons. The molecule has 4 aliphatic heterocycles. The number of fused-ring (bicyclic) bond motifs is 9. The fraction of sp³-hybridized carbons (Fsp3) is 0.550. The van der Waals surface area contributed by atoms with E-state index in [0.717, 1.165) is 22.4 Å². The zero-order chi connectivity index (χ0) is 38.2. The Balaban J connectivity index is 1.44. The number of nitrogens with one attached hydrogen (secondary N) is 2. The maximum atomic E-state index is 13.1. The van der Waals surface area contributed by atoms with Crippen LogP contribution in [0, 0.1) is 41.4 Å². The van der Waals surface area contributed by atoms with Gasteiger partial charge in [0.1, 0.15) is 12.5 Å². The van der Waals surface area contributed by atoms with E-state index in [9.17, 15) is 25.2 Å². The first-order chi connectivity index (χ1) is 26.1. The molecular formula is C40H50N4O8S2. The van der Waals surface area contributed by atoms with Gasteiger partial charge in [0.25, 0.3) is 0 Å². The first-order valence-electron chi connectivity index (χ1n) is 18.6. The highest BCUT2D eigenvalue weighted by Crippen LogP contribution is 2.46. The molecule has 0 saturated carbocycles. The Labute approximate surface area is 324 Å². The number of aryl methyl sites for hydroxylation is 2. The van der Waals surface area contributed by atoms with Gasteiger partial charge in [0.05, 0.1) is 23.8 Å². The fourth-order valence-corrected chi connectivity index (χ4v) is 10.1. The molecule has 4 heterocycles. The minimum Gasteiger partial charge on any atom is -0.504 e. The lowest BCUT2D eigenvalue weighted by atomic mass is 9.78. The number of ketones is 1. The summed E-state index contributed by atoms with van der Waals surface area (Å²) >= 11 is 0. The van der Waals surface area contributed by atoms with Crippen LogP contribution in [0.15, 0.2) is 23.2 Å². The molecule has 1 aliphatic carbocycles. The molecule has 7 rings (SSSR count). The summed E-state index contributed by atoms with van der Waals surface area (Å²) in [6, 6.07) is 4.82. The number of rotatable bonds is 3. The molecule has 2 aromatic rings. The normalized spacial score (nSPS) is 26.5. The molecule has 8 N–H and O–H groups in total. The molecule has 2 aromatic carbocycles. The third-order valence-electron chi connectivity index (χ3n) is 10.3. The highest BCUT2D eigenvalue weighted by molar-refractivity contribution is 8.76. The summed E-state index contributed by atoms with van der Waals surface area (Å²) in [5, 5.41) is 49.8. The largest absolute Gasteiger partial charge is 0.504 e. The van der Waals surface area contributed by atoms with E-state index in [0.29, 0.717) is 78.9 Å². The first-order valence-corrected chi connectivity index (χ1v) is 21.1. The lowest BCUT2D eigenvalue weighted by Crippen LogP contribution is -2.51. The van der Waals surface area contributed by atoms with E-state index in [4.69, 9.17) is 24.9 Å². The van der Waals surface area contributed by atoms with Crippen molar-refractivity contribution in [2.45, 2.75) is 89.7 Å². The van der Waals surface area contributed by atoms with Gasteiger partial charge in [0.15, 0.2) is 35.8 Å². The first kappa shape index (κ1) is 39.9. The molecule has 290 valence electrons. The Kier molecular flexibility index (Phi) is 13.8. The van der Waals surface area contributed by atoms with Gasteiger partial charge in [-0.15, -0.1) is 0 Å². The van der Waals surface area contributed by atoms with Crippen LogP contribution in [0.1, 0.15) is 67.3 Å². The van der Waals surface area contributed by atoms with E-state index in [2.05, 4.69) is 48.2 Å². The number of guanidine groups is 1. The summed E-state index contributed by atoms with van der Waals surface area (Å²) in [4.78, 5) is 17.9. The number of ether oxygens (including phenoxy) is 3. The van der Waals surface area contributed by atoms with Gasteiger partial charge >= 0.3 is 0 Å². The third-order valence-corrected chi connectivity index (χ3v) is 12.8. The summed E-state index contributed by atoms with van der Waals surface area (Å²) in [7, 11) is 3.49. The Morgan fingerprint density at radius 2 is 1.89 bits per heavy atom. The molecule has 14 heteroatoms. The summed E-state index contributed by atoms with van der Waals surface area (Å²) in [6.07, 6.45) is 0.427. The van der Waals surface area contributed by atoms with Crippen LogP contribution in [0.25, 0.3) is 0 Å². The van der Waals surface area contributed by atoms with Gasteiger partial charge in [0, 0.05) is 66.7 Å². The number of Topliss-reactive ketones (excluding diaryl/α,β-unsaturated/α-hetero) is 1. The van der Waals surface area contributed by atoms with Crippen molar-refractivity contribution in [2.75, 3.05) is 31.6 Å². The number of aliphatic imine (C=N–C) groups is 1. The van der Waals surface area contributed by atoms with Crippen molar-refractivity contribution in [3.8, 4) is 46.7 Å². The van der Waals surface area contributed by atoms with E-state index in [1.165, 1.54) is 6.07 Å². The molecule has 0 saturated heterocycles. The second kappa shape index (κ2) is 18.7. The summed E-state index contributed by atoms with van der Waals surface area (Å²) < 4.78 is 18.3. The number of aliphatic hydroxyl groups excluding tert-OH is 3. The van der Waals surface area contributed by atoms with Crippen molar-refractivity contribution in [2.24, 2.45) is 28.5 Å². The molecular weight excluding hydrogens is 729 g/mol. The van der Waals surface area contributed by atoms with Crippen molar-refractivity contribution >= 4 is 33.3 Å². The smallest absolute Gasteiger partial charge is 0.201 e. The molecule has 6 atom stereocenters. The van der Waals surface area contributed by atoms with Crippen LogP contribution in [0.2, 0.25) is 0 Å². The third kappa shape index (κ3) is 9.72. The van der Waals surface area contributed by atoms with Crippen LogP contribution in [0.4, 0.5) is 0 Å². The number of nitrogens with two attached hydrogens (primary N) is 1. The van der Waals surface area contributed by atoms with Gasteiger partial charge in [-0.1, -0.05) is 71.2 Å². The minimum atomic E-state index is -1.19. The summed E-state index contributed by atoms with van der Waals surface area (Å²) in [6.45, 7) is 4.32. The Bertz CT molecular complexity index is 1830. The van der Waals surface area contributed by atoms with Crippen LogP contribution in [-0.4, -0.2) is 88.2 Å². The van der Waals surface area contributed by atoms with E-state index in [-0.39, 0.29) is 61.2 Å². The highest BCUT2D eigenvalue weighted by Gasteiger charge is 2.41. The molecule has 0 fully saturated rings. The number of hydrogen-bond donors (Lipinski definition) is 7. The van der Waals surface area contributed by atoms with Gasteiger partial charge in [-0.05, 0) is 48.8 Å². The molecule has 0 unspecified atom stereocenters. The quantitative estimate of drug-likeness (QED) is 0.137. The average molecular weight is 779 g/mol. The average Bonchev–Trinajstić information content (AvgIpc) is 3.13. The molecule has 0 aromatic heterocycles. The van der Waals surface area contributed by atoms with Crippen LogP contribution in [0.5, 0.6) is 23.0 Å². The topological polar surface area (TPSA) is 188 Å². The second-order valence-electron chi connectivity index (χ2n) is 14.4. The minimum absolute atomic E-state index is 0.0114. The number of carbonyl (C=O) groups is 1. The van der Waals surface area contributed by atoms with Crippen molar-refractivity contribution in [3.05, 3.63) is 46.0 Å². The number of carbonyl (C=O) groups excluding carboxylic acids is 1. The monoisotopic (exact) mass is 778 g/mol. The van der Waals surface area contributed by atoms with Crippen LogP contribution in [-0.2, 0) is 30.5 Å². The number of phenolic OH excluding ortho intramolecular Hbond substituents is 1. The molecule has 6 bridgehead atoms. The number of aromatic hydroxyl groups is 1. The van der Waals surface area contributed by atoms with Gasteiger partial charge in [-0.3, -0.25) is 10.1 Å². The number of benzene rings is 2. The van der Waals surface area contributed by atoms with E-state index in [1.54, 1.807) is 27.7 Å². The molecule has 54 heavy (non-hydrogen) atoms.